The van der Waals surface area contributed by atoms with Crippen LogP contribution in [0.5, 0.6) is 0 Å². The number of aliphatic imine (C=N–C) groups is 2. The number of nitrogens with one attached hydrogen (secondary N) is 1. The van der Waals surface area contributed by atoms with Gasteiger partial charge in [0.2, 0.25) is 18.2 Å². The van der Waals surface area contributed by atoms with E-state index in [1.807, 2.05) is 17.0 Å². The number of morpholine rings is 1. The lowest BCUT2D eigenvalue weighted by Gasteiger charge is -2.41. The Labute approximate surface area is 169 Å². The number of hydrogen-bond acceptors (Lipinski definition) is 7. The Kier molecular flexibility index (Phi) is 5.62. The predicted molar refractivity (Wildman–Crippen MR) is 114 cm³/mol. The van der Waals surface area contributed by atoms with Crippen LogP contribution in [0.3, 0.4) is 0 Å². The molecule has 7 nitrogen and oxygen atoms in total. The van der Waals surface area contributed by atoms with Gasteiger partial charge in [-0.25, -0.2) is 9.38 Å². The Balaban J connectivity index is 1.68. The molecule has 4 rings (SSSR count). The number of nitrogens with zero attached hydrogens (tertiary/aromatic N) is 4. The van der Waals surface area contributed by atoms with E-state index in [1.54, 1.807) is 12.1 Å². The number of aryl methyl sites for hydroxylation is 1. The molecule has 2 aliphatic heterocycles. The molecule has 0 aliphatic carbocycles. The fraction of sp³-hybridized carbons (Fsp3) is 0.333. The summed E-state index contributed by atoms with van der Waals surface area (Å²) in [5, 5.41) is 3.42. The van der Waals surface area contributed by atoms with Gasteiger partial charge >= 0.3 is 0 Å². The number of hydrogen-bond donors (Lipinski definition) is 2. The van der Waals surface area contributed by atoms with Gasteiger partial charge in [-0.05, 0) is 48.4 Å². The zero-order chi connectivity index (χ0) is 20.2. The Hall–Kier alpha value is -3.13. The molecule has 1 atom stereocenters. The highest BCUT2D eigenvalue weighted by Crippen LogP contribution is 2.25. The van der Waals surface area contributed by atoms with Gasteiger partial charge in [0.05, 0.1) is 13.2 Å². The molecule has 0 amide bonds. The van der Waals surface area contributed by atoms with Crippen LogP contribution in [0.1, 0.15) is 12.5 Å². The van der Waals surface area contributed by atoms with Gasteiger partial charge in [0, 0.05) is 24.5 Å². The third-order valence-corrected chi connectivity index (χ3v) is 4.99. The first kappa shape index (κ1) is 19.2. The fourth-order valence-electron chi connectivity index (χ4n) is 3.40. The van der Waals surface area contributed by atoms with Crippen molar-refractivity contribution < 1.29 is 9.13 Å². The average Bonchev–Trinajstić information content (AvgIpc) is 2.75. The molecule has 0 bridgehead atoms. The fourth-order valence-corrected chi connectivity index (χ4v) is 3.40. The summed E-state index contributed by atoms with van der Waals surface area (Å²) in [4.78, 5) is 13.1. The van der Waals surface area contributed by atoms with Crippen LogP contribution in [-0.4, -0.2) is 49.4 Å². The second kappa shape index (κ2) is 8.48. The summed E-state index contributed by atoms with van der Waals surface area (Å²) < 4.78 is 19.0. The lowest BCUT2D eigenvalue weighted by molar-refractivity contribution is 0.0671. The summed E-state index contributed by atoms with van der Waals surface area (Å²) in [6.07, 6.45) is 0.466. The van der Waals surface area contributed by atoms with Crippen molar-refractivity contribution in [3.8, 4) is 0 Å². The summed E-state index contributed by atoms with van der Waals surface area (Å²) >= 11 is 0. The molecule has 29 heavy (non-hydrogen) atoms. The second-order valence-electron chi connectivity index (χ2n) is 6.91. The molecule has 2 aliphatic rings. The maximum atomic E-state index is 13.5. The molecule has 1 unspecified atom stereocenters. The van der Waals surface area contributed by atoms with E-state index in [0.29, 0.717) is 32.3 Å². The Bertz CT molecular complexity index is 890. The van der Waals surface area contributed by atoms with Crippen molar-refractivity contribution in [3.05, 3.63) is 59.9 Å². The molecule has 0 spiro atoms. The number of anilines is 2. The van der Waals surface area contributed by atoms with Crippen molar-refractivity contribution in [1.82, 2.24) is 4.90 Å². The van der Waals surface area contributed by atoms with Crippen molar-refractivity contribution >= 4 is 23.3 Å². The first-order valence-corrected chi connectivity index (χ1v) is 9.79. The van der Waals surface area contributed by atoms with Gasteiger partial charge in [0.25, 0.3) is 0 Å². The highest BCUT2D eigenvalue weighted by molar-refractivity contribution is 6.06. The highest BCUT2D eigenvalue weighted by Gasteiger charge is 2.32. The zero-order valence-corrected chi connectivity index (χ0v) is 16.4. The monoisotopic (exact) mass is 396 g/mol. The summed E-state index contributed by atoms with van der Waals surface area (Å²) in [6.45, 7) is 4.74. The maximum absolute atomic E-state index is 13.5. The van der Waals surface area contributed by atoms with Gasteiger partial charge in [-0.2, -0.15) is 4.99 Å². The lowest BCUT2D eigenvalue weighted by Crippen LogP contribution is -2.57. The average molecular weight is 396 g/mol. The topological polar surface area (TPSA) is 78.5 Å². The summed E-state index contributed by atoms with van der Waals surface area (Å²) in [7, 11) is 0. The van der Waals surface area contributed by atoms with E-state index in [1.165, 1.54) is 17.7 Å². The minimum absolute atomic E-state index is 0.201. The van der Waals surface area contributed by atoms with Crippen LogP contribution in [0.25, 0.3) is 0 Å². The zero-order valence-electron chi connectivity index (χ0n) is 16.4. The molecule has 8 heteroatoms. The van der Waals surface area contributed by atoms with Crippen LogP contribution in [0.15, 0.2) is 58.5 Å². The van der Waals surface area contributed by atoms with Crippen LogP contribution < -0.4 is 16.0 Å². The molecular formula is C21H25FN6O. The van der Waals surface area contributed by atoms with Gasteiger partial charge < -0.3 is 20.7 Å². The van der Waals surface area contributed by atoms with E-state index >= 15 is 0 Å². The minimum Gasteiger partial charge on any atom is -0.378 e. The van der Waals surface area contributed by atoms with Crippen molar-refractivity contribution in [1.29, 1.82) is 0 Å². The van der Waals surface area contributed by atoms with Gasteiger partial charge in [-0.15, -0.1) is 0 Å². The van der Waals surface area contributed by atoms with Crippen LogP contribution in [0, 0.1) is 5.82 Å². The highest BCUT2D eigenvalue weighted by atomic mass is 19.1. The number of rotatable bonds is 4. The maximum Gasteiger partial charge on any atom is 0.222 e. The third-order valence-electron chi connectivity index (χ3n) is 4.99. The lowest BCUT2D eigenvalue weighted by atomic mass is 10.1. The molecule has 1 fully saturated rings. The summed E-state index contributed by atoms with van der Waals surface area (Å²) in [6, 6.07) is 14.5. The van der Waals surface area contributed by atoms with Gasteiger partial charge in [-0.3, -0.25) is 4.90 Å². The van der Waals surface area contributed by atoms with Crippen molar-refractivity contribution in [2.24, 2.45) is 15.7 Å². The van der Waals surface area contributed by atoms with Crippen LogP contribution in [0.2, 0.25) is 0 Å². The number of halogens is 1. The molecule has 2 aromatic carbocycles. The second-order valence-corrected chi connectivity index (χ2v) is 6.91. The normalized spacial score (nSPS) is 19.6. The summed E-state index contributed by atoms with van der Waals surface area (Å²) in [5.74, 6) is 0.584. The van der Waals surface area contributed by atoms with E-state index in [9.17, 15) is 4.39 Å². The molecule has 0 aromatic heterocycles. The van der Waals surface area contributed by atoms with Crippen molar-refractivity contribution in [2.75, 3.05) is 36.5 Å². The van der Waals surface area contributed by atoms with Crippen molar-refractivity contribution in [2.45, 2.75) is 19.6 Å². The van der Waals surface area contributed by atoms with Gasteiger partial charge in [0.1, 0.15) is 5.82 Å². The van der Waals surface area contributed by atoms with Crippen LogP contribution >= 0.6 is 0 Å². The van der Waals surface area contributed by atoms with Gasteiger partial charge in [-0.1, -0.05) is 19.1 Å². The standard InChI is InChI=1S/C21H25FN6O/c1-2-15-3-7-17(8-4-15)24-20-25-19(23)26-21(27-11-13-29-14-12-27)28(20)18-9-5-16(22)6-10-18/h3-10,20,24H,2,11-14H2,1H3,(H2,23,25). The third kappa shape index (κ3) is 4.32. The van der Waals surface area contributed by atoms with Crippen molar-refractivity contribution in [3.63, 3.8) is 0 Å². The Morgan fingerprint density at radius 2 is 1.79 bits per heavy atom. The molecule has 2 heterocycles. The first-order valence-electron chi connectivity index (χ1n) is 9.79. The van der Waals surface area contributed by atoms with E-state index in [4.69, 9.17) is 10.5 Å². The number of ether oxygens (including phenoxy) is 1. The molecule has 0 radical (unpaired) electrons. The quantitative estimate of drug-likeness (QED) is 0.831. The van der Waals surface area contributed by atoms with E-state index < -0.39 is 6.29 Å². The van der Waals surface area contributed by atoms with E-state index in [0.717, 1.165) is 17.8 Å². The van der Waals surface area contributed by atoms with E-state index in [-0.39, 0.29) is 11.8 Å². The summed E-state index contributed by atoms with van der Waals surface area (Å²) in [5.41, 5.74) is 9.01. The smallest absolute Gasteiger partial charge is 0.222 e. The molecule has 152 valence electrons. The number of guanidine groups is 2. The Morgan fingerprint density at radius 1 is 1.10 bits per heavy atom. The largest absolute Gasteiger partial charge is 0.378 e. The molecule has 3 N–H and O–H groups in total. The van der Waals surface area contributed by atoms with Gasteiger partial charge in [0.15, 0.2) is 0 Å². The SMILES string of the molecule is CCc1ccc(NC2N=C(N)N=C(N3CCOCC3)N2c2ccc(F)cc2)cc1. The molecular weight excluding hydrogens is 371 g/mol. The molecule has 0 saturated carbocycles. The van der Waals surface area contributed by atoms with Crippen LogP contribution in [0.4, 0.5) is 15.8 Å². The number of benzene rings is 2. The molecule has 1 saturated heterocycles. The number of nitrogens with two attached hydrogens (primary N) is 1. The molecule has 2 aromatic rings. The Morgan fingerprint density at radius 3 is 2.45 bits per heavy atom. The van der Waals surface area contributed by atoms with E-state index in [2.05, 4.69) is 39.3 Å². The predicted octanol–water partition coefficient (Wildman–Crippen LogP) is 2.61. The first-order chi connectivity index (χ1) is 14.1. The minimum atomic E-state index is -0.511. The van der Waals surface area contributed by atoms with Crippen LogP contribution in [-0.2, 0) is 11.2 Å².